The standard InChI is InChI=1S/C15H23N3O3/c1-12-6-4-5-7-13(12)16-14(19)10-18(11-15(20)21)9-8-17(2)3/h4-7H,8-11H2,1-3H3,(H,16,19)(H,20,21). The van der Waals surface area contributed by atoms with E-state index < -0.39 is 5.97 Å². The number of amides is 1. The summed E-state index contributed by atoms with van der Waals surface area (Å²) in [6.07, 6.45) is 0. The average Bonchev–Trinajstić information content (AvgIpc) is 2.38. The van der Waals surface area contributed by atoms with E-state index in [9.17, 15) is 9.59 Å². The number of hydrogen-bond acceptors (Lipinski definition) is 4. The normalized spacial score (nSPS) is 10.9. The van der Waals surface area contributed by atoms with Crippen molar-refractivity contribution < 1.29 is 14.7 Å². The molecule has 0 saturated carbocycles. The molecule has 0 unspecified atom stereocenters. The highest BCUT2D eigenvalue weighted by atomic mass is 16.4. The van der Waals surface area contributed by atoms with E-state index in [1.54, 1.807) is 4.90 Å². The Kier molecular flexibility index (Phi) is 6.84. The zero-order chi connectivity index (χ0) is 15.8. The number of anilines is 1. The predicted molar refractivity (Wildman–Crippen MR) is 82.4 cm³/mol. The van der Waals surface area contributed by atoms with Gasteiger partial charge in [0.1, 0.15) is 0 Å². The van der Waals surface area contributed by atoms with Crippen LogP contribution in [0.15, 0.2) is 24.3 Å². The summed E-state index contributed by atoms with van der Waals surface area (Å²) in [5, 5.41) is 11.7. The quantitative estimate of drug-likeness (QED) is 0.744. The Bertz CT molecular complexity index is 489. The van der Waals surface area contributed by atoms with Gasteiger partial charge in [-0.2, -0.15) is 0 Å². The minimum atomic E-state index is -0.933. The molecule has 6 nitrogen and oxygen atoms in total. The number of aryl methyl sites for hydroxylation is 1. The molecule has 1 amide bonds. The number of likely N-dealkylation sites (N-methyl/N-ethyl adjacent to an activating group) is 1. The number of aliphatic carboxylic acids is 1. The van der Waals surface area contributed by atoms with Crippen molar-refractivity contribution in [3.05, 3.63) is 29.8 Å². The number of carbonyl (C=O) groups excluding carboxylic acids is 1. The van der Waals surface area contributed by atoms with E-state index >= 15 is 0 Å². The van der Waals surface area contributed by atoms with Gasteiger partial charge in [0.2, 0.25) is 5.91 Å². The van der Waals surface area contributed by atoms with E-state index in [2.05, 4.69) is 5.32 Å². The second kappa shape index (κ2) is 8.39. The molecule has 0 bridgehead atoms. The third-order valence-corrected chi connectivity index (χ3v) is 3.01. The molecule has 0 aliphatic heterocycles. The Balaban J connectivity index is 2.58. The zero-order valence-corrected chi connectivity index (χ0v) is 12.8. The van der Waals surface area contributed by atoms with Crippen molar-refractivity contribution in [1.29, 1.82) is 0 Å². The summed E-state index contributed by atoms with van der Waals surface area (Å²) in [4.78, 5) is 26.5. The lowest BCUT2D eigenvalue weighted by Crippen LogP contribution is -2.40. The van der Waals surface area contributed by atoms with Crippen LogP contribution in [0.4, 0.5) is 5.69 Å². The molecule has 0 saturated heterocycles. The van der Waals surface area contributed by atoms with Gasteiger partial charge in [-0.1, -0.05) is 18.2 Å². The third-order valence-electron chi connectivity index (χ3n) is 3.01. The largest absolute Gasteiger partial charge is 0.480 e. The van der Waals surface area contributed by atoms with Crippen molar-refractivity contribution in [1.82, 2.24) is 9.80 Å². The molecule has 0 heterocycles. The monoisotopic (exact) mass is 293 g/mol. The van der Waals surface area contributed by atoms with Crippen molar-refractivity contribution in [2.45, 2.75) is 6.92 Å². The highest BCUT2D eigenvalue weighted by Gasteiger charge is 2.14. The summed E-state index contributed by atoms with van der Waals surface area (Å²) in [6, 6.07) is 7.49. The minimum Gasteiger partial charge on any atom is -0.480 e. The summed E-state index contributed by atoms with van der Waals surface area (Å²) < 4.78 is 0. The smallest absolute Gasteiger partial charge is 0.317 e. The first-order valence-corrected chi connectivity index (χ1v) is 6.83. The van der Waals surface area contributed by atoms with E-state index in [0.717, 1.165) is 11.3 Å². The first-order valence-electron chi connectivity index (χ1n) is 6.83. The Morgan fingerprint density at radius 1 is 1.14 bits per heavy atom. The van der Waals surface area contributed by atoms with Crippen LogP contribution in [0.2, 0.25) is 0 Å². The number of rotatable bonds is 8. The van der Waals surface area contributed by atoms with Gasteiger partial charge < -0.3 is 15.3 Å². The van der Waals surface area contributed by atoms with Gasteiger partial charge in [-0.15, -0.1) is 0 Å². The van der Waals surface area contributed by atoms with Crippen LogP contribution in [-0.4, -0.2) is 67.1 Å². The SMILES string of the molecule is Cc1ccccc1NC(=O)CN(CCN(C)C)CC(=O)O. The number of carboxylic acids is 1. The first-order chi connectivity index (χ1) is 9.88. The fraction of sp³-hybridized carbons (Fsp3) is 0.467. The van der Waals surface area contributed by atoms with Crippen LogP contribution in [-0.2, 0) is 9.59 Å². The van der Waals surface area contributed by atoms with Gasteiger partial charge in [-0.25, -0.2) is 0 Å². The first kappa shape index (κ1) is 17.1. The highest BCUT2D eigenvalue weighted by Crippen LogP contribution is 2.12. The van der Waals surface area contributed by atoms with Crippen LogP contribution < -0.4 is 5.32 Å². The maximum atomic E-state index is 12.0. The molecular formula is C15H23N3O3. The minimum absolute atomic E-state index is 0.0640. The predicted octanol–water partition coefficient (Wildman–Crippen LogP) is 0.882. The maximum absolute atomic E-state index is 12.0. The van der Waals surface area contributed by atoms with E-state index in [4.69, 9.17) is 5.11 Å². The van der Waals surface area contributed by atoms with Gasteiger partial charge in [-0.05, 0) is 32.6 Å². The number of carbonyl (C=O) groups is 2. The van der Waals surface area contributed by atoms with E-state index in [0.29, 0.717) is 13.1 Å². The summed E-state index contributed by atoms with van der Waals surface area (Å²) in [5.74, 6) is -1.14. The number of carboxylic acid groups (broad SMARTS) is 1. The number of nitrogens with zero attached hydrogens (tertiary/aromatic N) is 2. The molecule has 0 fully saturated rings. The van der Waals surface area contributed by atoms with E-state index in [1.165, 1.54) is 0 Å². The number of para-hydroxylation sites is 1. The third kappa shape index (κ3) is 6.87. The molecule has 116 valence electrons. The van der Waals surface area contributed by atoms with Crippen LogP contribution in [0.1, 0.15) is 5.56 Å². The molecule has 0 spiro atoms. The lowest BCUT2D eigenvalue weighted by atomic mass is 10.2. The Labute approximate surface area is 125 Å². The van der Waals surface area contributed by atoms with Gasteiger partial charge in [0.15, 0.2) is 0 Å². The summed E-state index contributed by atoms with van der Waals surface area (Å²) in [7, 11) is 3.82. The van der Waals surface area contributed by atoms with Crippen LogP contribution in [0.3, 0.4) is 0 Å². The van der Waals surface area contributed by atoms with Gasteiger partial charge in [-0.3, -0.25) is 14.5 Å². The summed E-state index contributed by atoms with van der Waals surface area (Å²) in [6.45, 7) is 3.06. The highest BCUT2D eigenvalue weighted by molar-refractivity contribution is 5.93. The van der Waals surface area contributed by atoms with Crippen molar-refractivity contribution in [3.8, 4) is 0 Å². The van der Waals surface area contributed by atoms with Crippen LogP contribution in [0.25, 0.3) is 0 Å². The lowest BCUT2D eigenvalue weighted by Gasteiger charge is -2.22. The lowest BCUT2D eigenvalue weighted by molar-refractivity contribution is -0.138. The molecule has 0 atom stereocenters. The van der Waals surface area contributed by atoms with Gasteiger partial charge in [0.25, 0.3) is 0 Å². The van der Waals surface area contributed by atoms with Gasteiger partial charge in [0, 0.05) is 18.8 Å². The summed E-state index contributed by atoms with van der Waals surface area (Å²) in [5.41, 5.74) is 1.73. The van der Waals surface area contributed by atoms with Crippen molar-refractivity contribution in [2.24, 2.45) is 0 Å². The van der Waals surface area contributed by atoms with Gasteiger partial charge >= 0.3 is 5.97 Å². The zero-order valence-electron chi connectivity index (χ0n) is 12.8. The van der Waals surface area contributed by atoms with Crippen molar-refractivity contribution >= 4 is 17.6 Å². The Hall–Kier alpha value is -1.92. The molecule has 0 aliphatic rings. The van der Waals surface area contributed by atoms with Crippen LogP contribution in [0, 0.1) is 6.92 Å². The molecule has 2 N–H and O–H groups in total. The van der Waals surface area contributed by atoms with E-state index in [-0.39, 0.29) is 19.0 Å². The van der Waals surface area contributed by atoms with Crippen molar-refractivity contribution in [2.75, 3.05) is 45.6 Å². The molecule has 1 aromatic carbocycles. The Morgan fingerprint density at radius 2 is 1.81 bits per heavy atom. The average molecular weight is 293 g/mol. The van der Waals surface area contributed by atoms with Crippen LogP contribution >= 0.6 is 0 Å². The fourth-order valence-corrected chi connectivity index (χ4v) is 1.85. The second-order valence-corrected chi connectivity index (χ2v) is 5.27. The maximum Gasteiger partial charge on any atom is 0.317 e. The van der Waals surface area contributed by atoms with Crippen molar-refractivity contribution in [3.63, 3.8) is 0 Å². The topological polar surface area (TPSA) is 72.9 Å². The molecular weight excluding hydrogens is 270 g/mol. The van der Waals surface area contributed by atoms with Crippen LogP contribution in [0.5, 0.6) is 0 Å². The molecule has 0 aliphatic carbocycles. The molecule has 0 radical (unpaired) electrons. The number of benzene rings is 1. The van der Waals surface area contributed by atoms with Gasteiger partial charge in [0.05, 0.1) is 13.1 Å². The molecule has 21 heavy (non-hydrogen) atoms. The summed E-state index contributed by atoms with van der Waals surface area (Å²) >= 11 is 0. The number of hydrogen-bond donors (Lipinski definition) is 2. The molecule has 6 heteroatoms. The molecule has 1 rings (SSSR count). The molecule has 0 aromatic heterocycles. The fourth-order valence-electron chi connectivity index (χ4n) is 1.85. The molecule has 1 aromatic rings. The number of nitrogens with one attached hydrogen (secondary N) is 1. The van der Waals surface area contributed by atoms with E-state index in [1.807, 2.05) is 50.2 Å². The Morgan fingerprint density at radius 3 is 2.38 bits per heavy atom. The second-order valence-electron chi connectivity index (χ2n) is 5.27.